The van der Waals surface area contributed by atoms with Crippen LogP contribution in [0, 0.1) is 19.7 Å². The first-order valence-corrected chi connectivity index (χ1v) is 8.69. The van der Waals surface area contributed by atoms with Gasteiger partial charge in [0.2, 0.25) is 0 Å². The van der Waals surface area contributed by atoms with E-state index in [0.29, 0.717) is 22.1 Å². The van der Waals surface area contributed by atoms with Gasteiger partial charge in [-0.15, -0.1) is 0 Å². The van der Waals surface area contributed by atoms with Crippen LogP contribution in [0.2, 0.25) is 5.02 Å². The van der Waals surface area contributed by atoms with E-state index in [4.69, 9.17) is 11.6 Å². The number of nitrogens with zero attached hydrogens (tertiary/aromatic N) is 2. The van der Waals surface area contributed by atoms with Crippen LogP contribution < -0.4 is 5.32 Å². The van der Waals surface area contributed by atoms with E-state index in [1.54, 1.807) is 18.2 Å². The highest BCUT2D eigenvalue weighted by molar-refractivity contribution is 6.33. The zero-order chi connectivity index (χ0) is 18.3. The van der Waals surface area contributed by atoms with Crippen molar-refractivity contribution in [2.24, 2.45) is 0 Å². The normalized spacial score (nSPS) is 11.1. The van der Waals surface area contributed by atoms with Crippen molar-refractivity contribution in [3.8, 4) is 11.3 Å². The van der Waals surface area contributed by atoms with Gasteiger partial charge in [0.05, 0.1) is 10.7 Å². The van der Waals surface area contributed by atoms with Gasteiger partial charge >= 0.3 is 0 Å². The average Bonchev–Trinajstić information content (AvgIpc) is 2.98. The van der Waals surface area contributed by atoms with Crippen LogP contribution in [0.25, 0.3) is 16.9 Å². The van der Waals surface area contributed by atoms with Crippen LogP contribution in [0.1, 0.15) is 11.3 Å². The topological polar surface area (TPSA) is 29.3 Å². The summed E-state index contributed by atoms with van der Waals surface area (Å²) in [6.07, 6.45) is 0. The predicted octanol–water partition coefficient (Wildman–Crippen LogP) is 6.15. The van der Waals surface area contributed by atoms with Gasteiger partial charge in [0.25, 0.3) is 0 Å². The van der Waals surface area contributed by atoms with Crippen molar-refractivity contribution < 1.29 is 4.39 Å². The molecule has 0 aliphatic carbocycles. The summed E-state index contributed by atoms with van der Waals surface area (Å²) in [6, 6.07) is 18.2. The molecular weight excluding hydrogens is 349 g/mol. The van der Waals surface area contributed by atoms with Crippen molar-refractivity contribution >= 4 is 28.8 Å². The zero-order valence-electron chi connectivity index (χ0n) is 14.4. The number of rotatable bonds is 3. The Morgan fingerprint density at radius 2 is 1.73 bits per heavy atom. The molecule has 0 saturated carbocycles. The molecule has 2 aromatic carbocycles. The lowest BCUT2D eigenvalue weighted by Gasteiger charge is -2.14. The molecule has 0 bridgehead atoms. The monoisotopic (exact) mass is 365 g/mol. The Morgan fingerprint density at radius 3 is 2.50 bits per heavy atom. The van der Waals surface area contributed by atoms with Crippen LogP contribution in [0.3, 0.4) is 0 Å². The first-order valence-electron chi connectivity index (χ1n) is 8.31. The SMILES string of the molecule is Cc1cccc(Cl)c1Nc1c(-c2ccccc2F)nc2cccc(C)n12. The number of pyridine rings is 1. The smallest absolute Gasteiger partial charge is 0.143 e. The van der Waals surface area contributed by atoms with Crippen LogP contribution in [-0.2, 0) is 0 Å². The van der Waals surface area contributed by atoms with Gasteiger partial charge in [0.15, 0.2) is 0 Å². The molecule has 0 aliphatic heterocycles. The highest BCUT2D eigenvalue weighted by atomic mass is 35.5. The van der Waals surface area contributed by atoms with Crippen molar-refractivity contribution in [2.75, 3.05) is 5.32 Å². The van der Waals surface area contributed by atoms with Crippen LogP contribution in [0.15, 0.2) is 60.7 Å². The maximum Gasteiger partial charge on any atom is 0.143 e. The maximum atomic E-state index is 14.5. The molecule has 130 valence electrons. The number of anilines is 2. The summed E-state index contributed by atoms with van der Waals surface area (Å²) in [6.45, 7) is 3.97. The molecule has 3 nitrogen and oxygen atoms in total. The molecule has 0 aliphatic rings. The van der Waals surface area contributed by atoms with Gasteiger partial charge in [-0.2, -0.15) is 0 Å². The molecule has 0 fully saturated rings. The highest BCUT2D eigenvalue weighted by Crippen LogP contribution is 2.36. The third-order valence-corrected chi connectivity index (χ3v) is 4.75. The van der Waals surface area contributed by atoms with Gasteiger partial charge in [0, 0.05) is 11.3 Å². The second-order valence-corrected chi connectivity index (χ2v) is 6.61. The Bertz CT molecular complexity index is 1100. The quantitative estimate of drug-likeness (QED) is 0.471. The van der Waals surface area contributed by atoms with Crippen molar-refractivity contribution in [3.63, 3.8) is 0 Å². The van der Waals surface area contributed by atoms with Crippen molar-refractivity contribution in [3.05, 3.63) is 82.8 Å². The molecule has 5 heteroatoms. The summed E-state index contributed by atoms with van der Waals surface area (Å²) in [5.41, 5.74) is 4.53. The maximum absolute atomic E-state index is 14.5. The third kappa shape index (κ3) is 2.72. The number of para-hydroxylation sites is 1. The minimum absolute atomic E-state index is 0.313. The van der Waals surface area contributed by atoms with Crippen LogP contribution in [0.5, 0.6) is 0 Å². The number of aromatic nitrogens is 2. The summed E-state index contributed by atoms with van der Waals surface area (Å²) < 4.78 is 16.5. The lowest BCUT2D eigenvalue weighted by atomic mass is 10.1. The summed E-state index contributed by atoms with van der Waals surface area (Å²) in [4.78, 5) is 4.68. The van der Waals surface area contributed by atoms with Crippen molar-refractivity contribution in [2.45, 2.75) is 13.8 Å². The minimum atomic E-state index is -0.313. The molecule has 26 heavy (non-hydrogen) atoms. The molecule has 0 saturated heterocycles. The number of nitrogens with one attached hydrogen (secondary N) is 1. The standard InChI is InChI=1S/C21H17ClFN3/c1-13-7-5-10-16(22)19(13)25-21-20(15-9-3-4-11-17(15)23)24-18-12-6-8-14(2)26(18)21/h3-12,25H,1-2H3. The fourth-order valence-corrected chi connectivity index (χ4v) is 3.39. The number of fused-ring (bicyclic) bond motifs is 1. The van der Waals surface area contributed by atoms with Crippen molar-refractivity contribution in [1.29, 1.82) is 0 Å². The molecule has 0 unspecified atom stereocenters. The van der Waals surface area contributed by atoms with Crippen LogP contribution >= 0.6 is 11.6 Å². The summed E-state index contributed by atoms with van der Waals surface area (Å²) in [5.74, 6) is 0.381. The minimum Gasteiger partial charge on any atom is -0.338 e. The van der Waals surface area contributed by atoms with Gasteiger partial charge in [-0.3, -0.25) is 4.40 Å². The van der Waals surface area contributed by atoms with E-state index in [1.807, 2.05) is 54.6 Å². The van der Waals surface area contributed by atoms with E-state index in [1.165, 1.54) is 6.07 Å². The molecule has 1 N–H and O–H groups in total. The number of benzene rings is 2. The van der Waals surface area contributed by atoms with Gasteiger partial charge in [0.1, 0.15) is 23.0 Å². The van der Waals surface area contributed by atoms with Gasteiger partial charge in [-0.25, -0.2) is 9.37 Å². The molecule has 2 heterocycles. The molecule has 0 radical (unpaired) electrons. The largest absolute Gasteiger partial charge is 0.338 e. The molecule has 0 atom stereocenters. The Morgan fingerprint density at radius 1 is 0.962 bits per heavy atom. The first-order chi connectivity index (χ1) is 12.6. The highest BCUT2D eigenvalue weighted by Gasteiger charge is 2.19. The predicted molar refractivity (Wildman–Crippen MR) is 105 cm³/mol. The number of imidazole rings is 1. The van der Waals surface area contributed by atoms with E-state index >= 15 is 0 Å². The average molecular weight is 366 g/mol. The number of halogens is 2. The van der Waals surface area contributed by atoms with E-state index in [-0.39, 0.29) is 5.82 Å². The van der Waals surface area contributed by atoms with E-state index in [0.717, 1.165) is 22.6 Å². The number of hydrogen-bond acceptors (Lipinski definition) is 2. The van der Waals surface area contributed by atoms with Crippen LogP contribution in [0.4, 0.5) is 15.9 Å². The molecule has 0 spiro atoms. The Labute approximate surface area is 156 Å². The van der Waals surface area contributed by atoms with E-state index in [9.17, 15) is 4.39 Å². The van der Waals surface area contributed by atoms with Crippen LogP contribution in [-0.4, -0.2) is 9.38 Å². The summed E-state index contributed by atoms with van der Waals surface area (Å²) in [7, 11) is 0. The van der Waals surface area contributed by atoms with Gasteiger partial charge in [-0.1, -0.05) is 41.9 Å². The number of aryl methyl sites for hydroxylation is 2. The molecule has 2 aromatic heterocycles. The second-order valence-electron chi connectivity index (χ2n) is 6.21. The molecule has 0 amide bonds. The fourth-order valence-electron chi connectivity index (χ4n) is 3.12. The second kappa shape index (κ2) is 6.46. The van der Waals surface area contributed by atoms with Gasteiger partial charge < -0.3 is 5.32 Å². The third-order valence-electron chi connectivity index (χ3n) is 4.43. The van der Waals surface area contributed by atoms with Gasteiger partial charge in [-0.05, 0) is 49.7 Å². The Balaban J connectivity index is 2.00. The van der Waals surface area contributed by atoms with E-state index in [2.05, 4.69) is 10.3 Å². The van der Waals surface area contributed by atoms with Crippen molar-refractivity contribution in [1.82, 2.24) is 9.38 Å². The Kier molecular flexibility index (Phi) is 4.13. The Hall–Kier alpha value is -2.85. The molecular formula is C21H17ClFN3. The number of hydrogen-bond donors (Lipinski definition) is 1. The first kappa shape index (κ1) is 16.6. The molecule has 4 rings (SSSR count). The zero-order valence-corrected chi connectivity index (χ0v) is 15.2. The lowest BCUT2D eigenvalue weighted by Crippen LogP contribution is -2.01. The molecule has 4 aromatic rings. The lowest BCUT2D eigenvalue weighted by molar-refractivity contribution is 0.631. The fraction of sp³-hybridized carbons (Fsp3) is 0.0952. The summed E-state index contributed by atoms with van der Waals surface area (Å²) >= 11 is 6.40. The summed E-state index contributed by atoms with van der Waals surface area (Å²) in [5, 5.41) is 4.01. The van der Waals surface area contributed by atoms with E-state index < -0.39 is 0 Å².